The molecule has 1 aliphatic heterocycles. The molecule has 7 nitrogen and oxygen atoms in total. The summed E-state index contributed by atoms with van der Waals surface area (Å²) in [7, 11) is -2.53. The minimum atomic E-state index is -3.92. The topological polar surface area (TPSA) is 78.9 Å². The van der Waals surface area contributed by atoms with Crippen molar-refractivity contribution >= 4 is 21.6 Å². The number of nitrogens with zero attached hydrogens (tertiary/aromatic N) is 2. The average molecular weight is 516 g/mol. The zero-order chi connectivity index (χ0) is 25.9. The van der Waals surface area contributed by atoms with Crippen LogP contribution in [0.25, 0.3) is 0 Å². The SMILES string of the molecule is COc1ccc(NC(C)=O)cc1S(=O)(=O)N1CCN(C(c2ccc(F)cc2)c2ccc(F)cc2)CC1. The van der Waals surface area contributed by atoms with Crippen LogP contribution in [-0.4, -0.2) is 56.8 Å². The first kappa shape index (κ1) is 25.7. The summed E-state index contributed by atoms with van der Waals surface area (Å²) in [4.78, 5) is 13.5. The fourth-order valence-electron chi connectivity index (χ4n) is 4.40. The van der Waals surface area contributed by atoms with E-state index in [0.29, 0.717) is 18.8 Å². The lowest BCUT2D eigenvalue weighted by Gasteiger charge is -2.39. The molecule has 0 unspecified atom stereocenters. The Hall–Kier alpha value is -3.34. The summed E-state index contributed by atoms with van der Waals surface area (Å²) >= 11 is 0. The molecular formula is C26H27F2N3O4S. The van der Waals surface area contributed by atoms with Gasteiger partial charge in [0.05, 0.1) is 13.2 Å². The van der Waals surface area contributed by atoms with Gasteiger partial charge in [-0.05, 0) is 53.6 Å². The van der Waals surface area contributed by atoms with Crippen LogP contribution < -0.4 is 10.1 Å². The molecule has 4 rings (SSSR count). The molecule has 0 aliphatic carbocycles. The number of amides is 1. The predicted octanol–water partition coefficient (Wildman–Crippen LogP) is 4.03. The number of sulfonamides is 1. The number of halogens is 2. The molecule has 190 valence electrons. The van der Waals surface area contributed by atoms with Crippen LogP contribution >= 0.6 is 0 Å². The summed E-state index contributed by atoms with van der Waals surface area (Å²) in [5.74, 6) is -0.849. The molecule has 0 saturated carbocycles. The molecule has 1 aliphatic rings. The van der Waals surface area contributed by atoms with Gasteiger partial charge in [0, 0.05) is 38.8 Å². The molecule has 1 heterocycles. The second-order valence-corrected chi connectivity index (χ2v) is 10.4. The van der Waals surface area contributed by atoms with Gasteiger partial charge in [-0.1, -0.05) is 24.3 Å². The molecule has 1 N–H and O–H groups in total. The van der Waals surface area contributed by atoms with Crippen LogP contribution in [0.5, 0.6) is 5.75 Å². The smallest absolute Gasteiger partial charge is 0.246 e. The maximum atomic E-state index is 13.6. The molecule has 36 heavy (non-hydrogen) atoms. The molecule has 1 saturated heterocycles. The number of anilines is 1. The zero-order valence-electron chi connectivity index (χ0n) is 19.9. The maximum absolute atomic E-state index is 13.6. The Kier molecular flexibility index (Phi) is 7.67. The number of benzene rings is 3. The normalized spacial score (nSPS) is 15.1. The first-order valence-corrected chi connectivity index (χ1v) is 12.8. The van der Waals surface area contributed by atoms with Crippen molar-refractivity contribution in [1.29, 1.82) is 0 Å². The molecule has 1 fully saturated rings. The van der Waals surface area contributed by atoms with Gasteiger partial charge in [0.15, 0.2) is 0 Å². The van der Waals surface area contributed by atoms with Crippen molar-refractivity contribution in [2.24, 2.45) is 0 Å². The van der Waals surface area contributed by atoms with Crippen molar-refractivity contribution < 1.29 is 26.7 Å². The van der Waals surface area contributed by atoms with Gasteiger partial charge in [0.1, 0.15) is 22.3 Å². The fourth-order valence-corrected chi connectivity index (χ4v) is 6.01. The van der Waals surface area contributed by atoms with E-state index >= 15 is 0 Å². The molecule has 0 atom stereocenters. The lowest BCUT2D eigenvalue weighted by molar-refractivity contribution is -0.114. The molecule has 0 radical (unpaired) electrons. The lowest BCUT2D eigenvalue weighted by atomic mass is 9.96. The Morgan fingerprint density at radius 3 is 1.89 bits per heavy atom. The number of carbonyl (C=O) groups is 1. The average Bonchev–Trinajstić information content (AvgIpc) is 2.86. The Labute approximate surface area is 209 Å². The van der Waals surface area contributed by atoms with E-state index in [9.17, 15) is 22.0 Å². The van der Waals surface area contributed by atoms with E-state index in [-0.39, 0.29) is 47.3 Å². The van der Waals surface area contributed by atoms with Crippen LogP contribution in [0.1, 0.15) is 24.1 Å². The minimum Gasteiger partial charge on any atom is -0.495 e. The van der Waals surface area contributed by atoms with Crippen LogP contribution in [-0.2, 0) is 14.8 Å². The zero-order valence-corrected chi connectivity index (χ0v) is 20.8. The van der Waals surface area contributed by atoms with E-state index in [1.54, 1.807) is 30.3 Å². The number of methoxy groups -OCH3 is 1. The monoisotopic (exact) mass is 515 g/mol. The van der Waals surface area contributed by atoms with Crippen LogP contribution in [0.15, 0.2) is 71.6 Å². The summed E-state index contributed by atoms with van der Waals surface area (Å²) in [6.45, 7) is 2.54. The van der Waals surface area contributed by atoms with Gasteiger partial charge in [0.2, 0.25) is 15.9 Å². The largest absolute Gasteiger partial charge is 0.495 e. The summed E-state index contributed by atoms with van der Waals surface area (Å²) in [5.41, 5.74) is 2.00. The van der Waals surface area contributed by atoms with Crippen molar-refractivity contribution in [3.8, 4) is 5.75 Å². The number of rotatable bonds is 7. The quantitative estimate of drug-likeness (QED) is 0.514. The summed E-state index contributed by atoms with van der Waals surface area (Å²) < 4.78 is 60.9. The van der Waals surface area contributed by atoms with Gasteiger partial charge >= 0.3 is 0 Å². The van der Waals surface area contributed by atoms with E-state index in [4.69, 9.17) is 4.74 Å². The minimum absolute atomic E-state index is 0.0293. The standard InChI is InChI=1S/C26H27F2N3O4S/c1-18(32)29-23-11-12-24(35-2)25(17-23)36(33,34)31-15-13-30(14-16-31)26(19-3-7-21(27)8-4-19)20-5-9-22(28)10-6-20/h3-12,17,26H,13-16H2,1-2H3,(H,29,32). The van der Waals surface area contributed by atoms with Crippen molar-refractivity contribution in [2.45, 2.75) is 17.9 Å². The van der Waals surface area contributed by atoms with E-state index in [1.165, 1.54) is 54.7 Å². The first-order valence-electron chi connectivity index (χ1n) is 11.4. The van der Waals surface area contributed by atoms with E-state index in [2.05, 4.69) is 10.2 Å². The highest BCUT2D eigenvalue weighted by Gasteiger charge is 2.34. The second-order valence-electron chi connectivity index (χ2n) is 8.49. The highest BCUT2D eigenvalue weighted by Crippen LogP contribution is 2.33. The second kappa shape index (κ2) is 10.7. The van der Waals surface area contributed by atoms with Gasteiger partial charge in [-0.25, -0.2) is 17.2 Å². The third-order valence-corrected chi connectivity index (χ3v) is 8.03. The van der Waals surface area contributed by atoms with Gasteiger partial charge in [-0.2, -0.15) is 4.31 Å². The molecule has 3 aromatic carbocycles. The van der Waals surface area contributed by atoms with Gasteiger partial charge in [0.25, 0.3) is 0 Å². The van der Waals surface area contributed by atoms with E-state index in [1.807, 2.05) is 0 Å². The number of carbonyl (C=O) groups excluding carboxylic acids is 1. The maximum Gasteiger partial charge on any atom is 0.246 e. The number of piperazine rings is 1. The summed E-state index contributed by atoms with van der Waals surface area (Å²) in [5, 5.41) is 2.60. The van der Waals surface area contributed by atoms with E-state index < -0.39 is 10.0 Å². The van der Waals surface area contributed by atoms with Gasteiger partial charge in [-0.3, -0.25) is 9.69 Å². The number of ether oxygens (including phenoxy) is 1. The number of nitrogens with one attached hydrogen (secondary N) is 1. The molecule has 3 aromatic rings. The van der Waals surface area contributed by atoms with Gasteiger partial charge in [-0.15, -0.1) is 0 Å². The van der Waals surface area contributed by atoms with Crippen molar-refractivity contribution in [3.05, 3.63) is 89.5 Å². The Morgan fingerprint density at radius 1 is 0.889 bits per heavy atom. The lowest BCUT2D eigenvalue weighted by Crippen LogP contribution is -2.49. The highest BCUT2D eigenvalue weighted by molar-refractivity contribution is 7.89. The first-order chi connectivity index (χ1) is 17.2. The van der Waals surface area contributed by atoms with Crippen LogP contribution in [0.4, 0.5) is 14.5 Å². The molecular weight excluding hydrogens is 488 g/mol. The third-order valence-electron chi connectivity index (χ3n) is 6.11. The summed E-state index contributed by atoms with van der Waals surface area (Å²) in [6, 6.07) is 16.4. The summed E-state index contributed by atoms with van der Waals surface area (Å²) in [6.07, 6.45) is 0. The van der Waals surface area contributed by atoms with Crippen LogP contribution in [0, 0.1) is 11.6 Å². The third kappa shape index (κ3) is 5.56. The van der Waals surface area contributed by atoms with Crippen molar-refractivity contribution in [1.82, 2.24) is 9.21 Å². The van der Waals surface area contributed by atoms with E-state index in [0.717, 1.165) is 11.1 Å². The fraction of sp³-hybridized carbons (Fsp3) is 0.269. The Balaban J connectivity index is 1.59. The highest BCUT2D eigenvalue weighted by atomic mass is 32.2. The molecule has 0 spiro atoms. The molecule has 0 aromatic heterocycles. The predicted molar refractivity (Wildman–Crippen MR) is 132 cm³/mol. The van der Waals surface area contributed by atoms with Gasteiger partial charge < -0.3 is 10.1 Å². The Morgan fingerprint density at radius 2 is 1.42 bits per heavy atom. The molecule has 0 bridgehead atoms. The number of hydrogen-bond acceptors (Lipinski definition) is 5. The molecule has 10 heteroatoms. The van der Waals surface area contributed by atoms with Crippen molar-refractivity contribution in [2.75, 3.05) is 38.6 Å². The number of hydrogen-bond donors (Lipinski definition) is 1. The van der Waals surface area contributed by atoms with Crippen LogP contribution in [0.2, 0.25) is 0 Å². The molecule has 1 amide bonds. The van der Waals surface area contributed by atoms with Crippen LogP contribution in [0.3, 0.4) is 0 Å². The van der Waals surface area contributed by atoms with Crippen molar-refractivity contribution in [3.63, 3.8) is 0 Å². The Bertz CT molecular complexity index is 1280.